The second-order valence-corrected chi connectivity index (χ2v) is 5.65. The minimum atomic E-state index is -0.0778. The highest BCUT2D eigenvalue weighted by Gasteiger charge is 2.21. The quantitative estimate of drug-likeness (QED) is 0.812. The Labute approximate surface area is 120 Å². The van der Waals surface area contributed by atoms with E-state index < -0.39 is 0 Å². The van der Waals surface area contributed by atoms with Crippen molar-refractivity contribution in [3.8, 4) is 5.75 Å². The van der Waals surface area contributed by atoms with Crippen molar-refractivity contribution in [2.75, 3.05) is 18.9 Å². The van der Waals surface area contributed by atoms with Crippen LogP contribution in [0.25, 0.3) is 0 Å². The number of nitrogens with two attached hydrogens (primary N) is 1. The van der Waals surface area contributed by atoms with E-state index >= 15 is 0 Å². The minimum absolute atomic E-state index is 0.0231. The van der Waals surface area contributed by atoms with Crippen LogP contribution >= 0.6 is 0 Å². The fourth-order valence-corrected chi connectivity index (χ4v) is 2.75. The van der Waals surface area contributed by atoms with Crippen molar-refractivity contribution in [1.82, 2.24) is 5.32 Å². The maximum absolute atomic E-state index is 11.8. The lowest BCUT2D eigenvalue weighted by molar-refractivity contribution is -0.123. The van der Waals surface area contributed by atoms with Crippen LogP contribution in [0.5, 0.6) is 5.75 Å². The molecule has 2 unspecified atom stereocenters. The molecule has 0 spiro atoms. The molecule has 0 bridgehead atoms. The van der Waals surface area contributed by atoms with Gasteiger partial charge in [-0.2, -0.15) is 0 Å². The molecule has 1 aromatic rings. The molecule has 2 atom stereocenters. The first-order valence-electron chi connectivity index (χ1n) is 7.41. The molecule has 110 valence electrons. The van der Waals surface area contributed by atoms with E-state index in [-0.39, 0.29) is 12.5 Å². The summed E-state index contributed by atoms with van der Waals surface area (Å²) in [7, 11) is 0. The Kier molecular flexibility index (Phi) is 5.27. The number of amides is 1. The van der Waals surface area contributed by atoms with Crippen LogP contribution < -0.4 is 15.8 Å². The van der Waals surface area contributed by atoms with Crippen molar-refractivity contribution in [3.63, 3.8) is 0 Å². The van der Waals surface area contributed by atoms with Gasteiger partial charge in [-0.15, -0.1) is 0 Å². The number of carbonyl (C=O) groups excluding carboxylic acids is 1. The van der Waals surface area contributed by atoms with Gasteiger partial charge < -0.3 is 15.8 Å². The van der Waals surface area contributed by atoms with Crippen LogP contribution in [0.3, 0.4) is 0 Å². The van der Waals surface area contributed by atoms with Gasteiger partial charge in [0.05, 0.1) is 5.69 Å². The molecule has 3 N–H and O–H groups in total. The number of nitrogen functional groups attached to an aromatic ring is 1. The summed E-state index contributed by atoms with van der Waals surface area (Å²) in [4.78, 5) is 11.8. The summed E-state index contributed by atoms with van der Waals surface area (Å²) < 4.78 is 5.43. The average molecular weight is 276 g/mol. The highest BCUT2D eigenvalue weighted by molar-refractivity contribution is 5.77. The zero-order chi connectivity index (χ0) is 14.4. The molecule has 1 aliphatic rings. The molecule has 4 heteroatoms. The van der Waals surface area contributed by atoms with E-state index in [0.717, 1.165) is 6.54 Å². The normalized spacial score (nSPS) is 22.2. The van der Waals surface area contributed by atoms with Crippen molar-refractivity contribution < 1.29 is 9.53 Å². The van der Waals surface area contributed by atoms with E-state index in [2.05, 4.69) is 12.2 Å². The lowest BCUT2D eigenvalue weighted by Gasteiger charge is -2.28. The fourth-order valence-electron chi connectivity index (χ4n) is 2.75. The van der Waals surface area contributed by atoms with Crippen molar-refractivity contribution in [1.29, 1.82) is 0 Å². The second kappa shape index (κ2) is 7.17. The van der Waals surface area contributed by atoms with Gasteiger partial charge in [-0.05, 0) is 30.4 Å². The van der Waals surface area contributed by atoms with Crippen molar-refractivity contribution >= 4 is 11.6 Å². The number of benzene rings is 1. The van der Waals surface area contributed by atoms with Gasteiger partial charge in [0.25, 0.3) is 5.91 Å². The number of nitrogens with one attached hydrogen (secondary N) is 1. The van der Waals surface area contributed by atoms with E-state index in [0.29, 0.717) is 23.3 Å². The Hall–Kier alpha value is -1.71. The molecule has 2 rings (SSSR count). The summed E-state index contributed by atoms with van der Waals surface area (Å²) in [6, 6.07) is 7.21. The second-order valence-electron chi connectivity index (χ2n) is 5.65. The Morgan fingerprint density at radius 1 is 1.35 bits per heavy atom. The molecule has 0 aliphatic heterocycles. The summed E-state index contributed by atoms with van der Waals surface area (Å²) in [5.74, 6) is 1.80. The Balaban J connectivity index is 1.71. The molecule has 1 amide bonds. The third kappa shape index (κ3) is 4.15. The maximum Gasteiger partial charge on any atom is 0.257 e. The van der Waals surface area contributed by atoms with Crippen LogP contribution in [-0.4, -0.2) is 19.1 Å². The van der Waals surface area contributed by atoms with Crippen LogP contribution in [0.15, 0.2) is 24.3 Å². The zero-order valence-corrected chi connectivity index (χ0v) is 12.1. The summed E-state index contributed by atoms with van der Waals surface area (Å²) in [6.07, 6.45) is 5.09. The SMILES string of the molecule is CC1CCCCC1CNC(=O)COc1ccccc1N. The molecule has 1 aromatic carbocycles. The average Bonchev–Trinajstić information content (AvgIpc) is 2.45. The molecule has 20 heavy (non-hydrogen) atoms. The van der Waals surface area contributed by atoms with Gasteiger partial charge in [0, 0.05) is 6.54 Å². The molecule has 1 saturated carbocycles. The summed E-state index contributed by atoms with van der Waals surface area (Å²) in [6.45, 7) is 3.06. The van der Waals surface area contributed by atoms with E-state index in [9.17, 15) is 4.79 Å². The number of para-hydroxylation sites is 2. The molecule has 0 heterocycles. The van der Waals surface area contributed by atoms with Crippen LogP contribution in [0.4, 0.5) is 5.69 Å². The number of anilines is 1. The number of hydrogen-bond acceptors (Lipinski definition) is 3. The lowest BCUT2D eigenvalue weighted by atomic mass is 9.80. The molecule has 0 aromatic heterocycles. The fraction of sp³-hybridized carbons (Fsp3) is 0.562. The highest BCUT2D eigenvalue weighted by Crippen LogP contribution is 2.28. The highest BCUT2D eigenvalue weighted by atomic mass is 16.5. The van der Waals surface area contributed by atoms with Gasteiger partial charge in [-0.25, -0.2) is 0 Å². The largest absolute Gasteiger partial charge is 0.482 e. The topological polar surface area (TPSA) is 64.3 Å². The van der Waals surface area contributed by atoms with E-state index in [4.69, 9.17) is 10.5 Å². The molecule has 1 fully saturated rings. The predicted molar refractivity (Wildman–Crippen MR) is 80.5 cm³/mol. The number of hydrogen-bond donors (Lipinski definition) is 2. The summed E-state index contributed by atoms with van der Waals surface area (Å²) in [5.41, 5.74) is 6.32. The van der Waals surface area contributed by atoms with E-state index in [1.165, 1.54) is 25.7 Å². The maximum atomic E-state index is 11.8. The summed E-state index contributed by atoms with van der Waals surface area (Å²) >= 11 is 0. The van der Waals surface area contributed by atoms with Crippen LogP contribution in [0.1, 0.15) is 32.6 Å². The Morgan fingerprint density at radius 3 is 2.85 bits per heavy atom. The van der Waals surface area contributed by atoms with Gasteiger partial charge in [0.1, 0.15) is 5.75 Å². The molecular weight excluding hydrogens is 252 g/mol. The molecule has 0 saturated heterocycles. The van der Waals surface area contributed by atoms with Gasteiger partial charge in [0.15, 0.2) is 6.61 Å². The predicted octanol–water partition coefficient (Wildman–Crippen LogP) is 2.59. The standard InChI is InChI=1S/C16H24N2O2/c1-12-6-2-3-7-13(12)10-18-16(19)11-20-15-9-5-4-8-14(15)17/h4-5,8-9,12-13H,2-3,6-7,10-11,17H2,1H3,(H,18,19). The first-order chi connectivity index (χ1) is 9.66. The van der Waals surface area contributed by atoms with E-state index in [1.807, 2.05) is 12.1 Å². The Bertz CT molecular complexity index is 448. The van der Waals surface area contributed by atoms with Crippen LogP contribution in [0, 0.1) is 11.8 Å². The van der Waals surface area contributed by atoms with Crippen molar-refractivity contribution in [3.05, 3.63) is 24.3 Å². The monoisotopic (exact) mass is 276 g/mol. The van der Waals surface area contributed by atoms with Crippen LogP contribution in [0.2, 0.25) is 0 Å². The van der Waals surface area contributed by atoms with Gasteiger partial charge in [-0.1, -0.05) is 38.3 Å². The molecule has 1 aliphatic carbocycles. The number of carbonyl (C=O) groups is 1. The molecule has 4 nitrogen and oxygen atoms in total. The lowest BCUT2D eigenvalue weighted by Crippen LogP contribution is -2.36. The van der Waals surface area contributed by atoms with Gasteiger partial charge in [0.2, 0.25) is 0 Å². The van der Waals surface area contributed by atoms with Gasteiger partial charge in [-0.3, -0.25) is 4.79 Å². The smallest absolute Gasteiger partial charge is 0.257 e. The first-order valence-corrected chi connectivity index (χ1v) is 7.41. The van der Waals surface area contributed by atoms with Gasteiger partial charge >= 0.3 is 0 Å². The van der Waals surface area contributed by atoms with Crippen molar-refractivity contribution in [2.45, 2.75) is 32.6 Å². The van der Waals surface area contributed by atoms with Crippen molar-refractivity contribution in [2.24, 2.45) is 11.8 Å². The summed E-state index contributed by atoms with van der Waals surface area (Å²) in [5, 5.41) is 2.97. The van der Waals surface area contributed by atoms with E-state index in [1.54, 1.807) is 12.1 Å². The molecular formula is C16H24N2O2. The molecule has 0 radical (unpaired) electrons. The number of ether oxygens (including phenoxy) is 1. The van der Waals surface area contributed by atoms with Crippen LogP contribution in [-0.2, 0) is 4.79 Å². The number of rotatable bonds is 5. The minimum Gasteiger partial charge on any atom is -0.482 e. The third-order valence-electron chi connectivity index (χ3n) is 4.13. The third-order valence-corrected chi connectivity index (χ3v) is 4.13. The zero-order valence-electron chi connectivity index (χ0n) is 12.1. The first kappa shape index (κ1) is 14.7. The Morgan fingerprint density at radius 2 is 2.10 bits per heavy atom.